The molecule has 1 saturated carbocycles. The van der Waals surface area contributed by atoms with Crippen LogP contribution in [0.15, 0.2) is 18.3 Å². The Morgan fingerprint density at radius 1 is 1.00 bits per heavy atom. The Morgan fingerprint density at radius 3 is 2.32 bits per heavy atom. The Labute approximate surface area is 186 Å². The van der Waals surface area contributed by atoms with E-state index in [4.69, 9.17) is 0 Å². The summed E-state index contributed by atoms with van der Waals surface area (Å²) in [6, 6.07) is 4.24. The molecule has 1 N–H and O–H groups in total. The Bertz CT molecular complexity index is 728. The predicted octanol–water partition coefficient (Wildman–Crippen LogP) is 3.58. The molecule has 2 aliphatic heterocycles. The van der Waals surface area contributed by atoms with E-state index in [1.54, 1.807) is 6.20 Å². The second-order valence-corrected chi connectivity index (χ2v) is 9.66. The van der Waals surface area contributed by atoms with Crippen LogP contribution in [0.5, 0.6) is 0 Å². The molecule has 6 nitrogen and oxygen atoms in total. The number of hydrogen-bond donors (Lipinski definition) is 1. The first-order valence-corrected chi connectivity index (χ1v) is 12.4. The molecule has 1 aromatic rings. The zero-order chi connectivity index (χ0) is 21.6. The third kappa shape index (κ3) is 5.85. The van der Waals surface area contributed by atoms with E-state index in [1.165, 1.54) is 12.8 Å². The molecular formula is C25H38N4O2. The second kappa shape index (κ2) is 10.6. The van der Waals surface area contributed by atoms with Crippen molar-refractivity contribution in [1.82, 2.24) is 20.1 Å². The SMILES string of the molecule is CCN1CCC(CC(=O)N2CCC(c3ccc(C(=O)NC4CCCC4)cn3)CC2)CC1. The number of pyridine rings is 1. The van der Waals surface area contributed by atoms with E-state index >= 15 is 0 Å². The van der Waals surface area contributed by atoms with Crippen molar-refractivity contribution in [2.24, 2.45) is 5.92 Å². The van der Waals surface area contributed by atoms with Gasteiger partial charge >= 0.3 is 0 Å². The summed E-state index contributed by atoms with van der Waals surface area (Å²) in [5, 5.41) is 3.13. The molecule has 2 amide bonds. The minimum atomic E-state index is -0.00358. The van der Waals surface area contributed by atoms with Crippen molar-refractivity contribution in [2.45, 2.75) is 76.7 Å². The molecule has 3 heterocycles. The molecule has 31 heavy (non-hydrogen) atoms. The Hall–Kier alpha value is -1.95. The topological polar surface area (TPSA) is 65.5 Å². The summed E-state index contributed by atoms with van der Waals surface area (Å²) in [7, 11) is 0. The molecule has 0 aromatic carbocycles. The summed E-state index contributed by atoms with van der Waals surface area (Å²) in [4.78, 5) is 34.3. The average molecular weight is 427 g/mol. The van der Waals surface area contributed by atoms with Crippen LogP contribution >= 0.6 is 0 Å². The van der Waals surface area contributed by atoms with Crippen molar-refractivity contribution >= 4 is 11.8 Å². The minimum absolute atomic E-state index is 0.00358. The fourth-order valence-electron chi connectivity index (χ4n) is 5.43. The van der Waals surface area contributed by atoms with Gasteiger partial charge in [-0.3, -0.25) is 14.6 Å². The van der Waals surface area contributed by atoms with Crippen molar-refractivity contribution in [3.63, 3.8) is 0 Å². The molecule has 170 valence electrons. The lowest BCUT2D eigenvalue weighted by Crippen LogP contribution is -2.40. The monoisotopic (exact) mass is 426 g/mol. The van der Waals surface area contributed by atoms with Crippen LogP contribution in [0.2, 0.25) is 0 Å². The number of rotatable bonds is 6. The summed E-state index contributed by atoms with van der Waals surface area (Å²) < 4.78 is 0. The quantitative estimate of drug-likeness (QED) is 0.755. The first-order valence-electron chi connectivity index (χ1n) is 12.4. The second-order valence-electron chi connectivity index (χ2n) is 9.66. The van der Waals surface area contributed by atoms with Crippen LogP contribution in [0.25, 0.3) is 0 Å². The first-order chi connectivity index (χ1) is 15.1. The van der Waals surface area contributed by atoms with E-state index in [-0.39, 0.29) is 5.91 Å². The zero-order valence-electron chi connectivity index (χ0n) is 19.0. The molecule has 3 aliphatic rings. The molecular weight excluding hydrogens is 388 g/mol. The lowest BCUT2D eigenvalue weighted by atomic mass is 9.90. The standard InChI is InChI=1S/C25H38N4O2/c1-2-28-13-9-19(10-14-28)17-24(30)29-15-11-20(12-16-29)23-8-7-21(18-26-23)25(31)27-22-5-3-4-6-22/h7-8,18-20,22H,2-6,9-17H2,1H3,(H,27,31). The zero-order valence-corrected chi connectivity index (χ0v) is 19.0. The summed E-state index contributed by atoms with van der Waals surface area (Å²) >= 11 is 0. The number of carbonyl (C=O) groups is 2. The summed E-state index contributed by atoms with van der Waals surface area (Å²) in [6.45, 7) is 7.25. The van der Waals surface area contributed by atoms with Crippen LogP contribution in [-0.4, -0.2) is 65.4 Å². The largest absolute Gasteiger partial charge is 0.349 e. The van der Waals surface area contributed by atoms with E-state index in [1.807, 2.05) is 12.1 Å². The summed E-state index contributed by atoms with van der Waals surface area (Å²) in [5.74, 6) is 1.26. The van der Waals surface area contributed by atoms with E-state index in [0.29, 0.717) is 35.8 Å². The fraction of sp³-hybridized carbons (Fsp3) is 0.720. The number of aromatic nitrogens is 1. The molecule has 0 radical (unpaired) electrons. The van der Waals surface area contributed by atoms with Crippen LogP contribution in [0.3, 0.4) is 0 Å². The fourth-order valence-corrected chi connectivity index (χ4v) is 5.43. The molecule has 0 unspecified atom stereocenters. The predicted molar refractivity (Wildman–Crippen MR) is 122 cm³/mol. The number of amides is 2. The van der Waals surface area contributed by atoms with Gasteiger partial charge in [0.15, 0.2) is 0 Å². The van der Waals surface area contributed by atoms with Gasteiger partial charge in [0.25, 0.3) is 5.91 Å². The minimum Gasteiger partial charge on any atom is -0.349 e. The van der Waals surface area contributed by atoms with Crippen LogP contribution < -0.4 is 5.32 Å². The van der Waals surface area contributed by atoms with Gasteiger partial charge in [0.1, 0.15) is 0 Å². The van der Waals surface area contributed by atoms with Crippen LogP contribution in [0.1, 0.15) is 86.7 Å². The Balaban J connectivity index is 1.22. The van der Waals surface area contributed by atoms with E-state index < -0.39 is 0 Å². The maximum absolute atomic E-state index is 12.8. The molecule has 1 aromatic heterocycles. The molecule has 3 fully saturated rings. The molecule has 0 bridgehead atoms. The van der Waals surface area contributed by atoms with E-state index in [2.05, 4.69) is 27.0 Å². The van der Waals surface area contributed by atoms with Gasteiger partial charge in [-0.1, -0.05) is 19.8 Å². The van der Waals surface area contributed by atoms with Crippen LogP contribution in [0, 0.1) is 5.92 Å². The maximum Gasteiger partial charge on any atom is 0.253 e. The van der Waals surface area contributed by atoms with Gasteiger partial charge in [0.05, 0.1) is 5.56 Å². The number of nitrogens with one attached hydrogen (secondary N) is 1. The Morgan fingerprint density at radius 2 is 1.71 bits per heavy atom. The molecule has 1 aliphatic carbocycles. The van der Waals surface area contributed by atoms with Crippen LogP contribution in [-0.2, 0) is 4.79 Å². The number of nitrogens with zero attached hydrogens (tertiary/aromatic N) is 3. The number of hydrogen-bond acceptors (Lipinski definition) is 4. The highest BCUT2D eigenvalue weighted by atomic mass is 16.2. The van der Waals surface area contributed by atoms with Gasteiger partial charge in [-0.15, -0.1) is 0 Å². The third-order valence-electron chi connectivity index (χ3n) is 7.62. The molecule has 0 atom stereocenters. The average Bonchev–Trinajstić information content (AvgIpc) is 3.33. The highest BCUT2D eigenvalue weighted by molar-refractivity contribution is 5.94. The van der Waals surface area contributed by atoms with Gasteiger partial charge in [0, 0.05) is 43.4 Å². The Kier molecular flexibility index (Phi) is 7.59. The molecule has 4 rings (SSSR count). The highest BCUT2D eigenvalue weighted by Gasteiger charge is 2.28. The van der Waals surface area contributed by atoms with Crippen molar-refractivity contribution in [1.29, 1.82) is 0 Å². The van der Waals surface area contributed by atoms with Gasteiger partial charge in [0.2, 0.25) is 5.91 Å². The maximum atomic E-state index is 12.8. The third-order valence-corrected chi connectivity index (χ3v) is 7.62. The molecule has 0 spiro atoms. The summed E-state index contributed by atoms with van der Waals surface area (Å²) in [6.07, 6.45) is 11.3. The van der Waals surface area contributed by atoms with Gasteiger partial charge in [-0.2, -0.15) is 0 Å². The van der Waals surface area contributed by atoms with Gasteiger partial charge in [-0.05, 0) is 76.2 Å². The molecule has 6 heteroatoms. The van der Waals surface area contributed by atoms with Crippen molar-refractivity contribution in [2.75, 3.05) is 32.7 Å². The van der Waals surface area contributed by atoms with Gasteiger partial charge < -0.3 is 15.1 Å². The number of carbonyl (C=O) groups excluding carboxylic acids is 2. The number of likely N-dealkylation sites (tertiary alicyclic amines) is 2. The van der Waals surface area contributed by atoms with Crippen molar-refractivity contribution in [3.8, 4) is 0 Å². The van der Waals surface area contributed by atoms with Gasteiger partial charge in [-0.25, -0.2) is 0 Å². The lowest BCUT2D eigenvalue weighted by Gasteiger charge is -2.35. The summed E-state index contributed by atoms with van der Waals surface area (Å²) in [5.41, 5.74) is 1.70. The van der Waals surface area contributed by atoms with Crippen molar-refractivity contribution in [3.05, 3.63) is 29.6 Å². The van der Waals surface area contributed by atoms with Crippen molar-refractivity contribution < 1.29 is 9.59 Å². The number of piperidine rings is 2. The molecule has 2 saturated heterocycles. The highest BCUT2D eigenvalue weighted by Crippen LogP contribution is 2.28. The van der Waals surface area contributed by atoms with E-state index in [9.17, 15) is 9.59 Å². The lowest BCUT2D eigenvalue weighted by molar-refractivity contribution is -0.133. The van der Waals surface area contributed by atoms with E-state index in [0.717, 1.165) is 76.9 Å². The smallest absolute Gasteiger partial charge is 0.253 e. The first kappa shape index (κ1) is 22.3. The normalized spacial score (nSPS) is 22.0. The van der Waals surface area contributed by atoms with Crippen LogP contribution in [0.4, 0.5) is 0 Å².